The van der Waals surface area contributed by atoms with Gasteiger partial charge in [-0.05, 0) is 25.7 Å². The van der Waals surface area contributed by atoms with Gasteiger partial charge in [-0.3, -0.25) is 24.2 Å². The lowest BCUT2D eigenvalue weighted by Crippen LogP contribution is -2.52. The standard InChI is InChI=1S/C18H32N6O5/c19-9-17(28)24(13-5-2-1-3-6-13)10-16(27)23-14(15(26)11-29-12-25)7-4-8-22-18(20)21/h12-14H,1-11,19H2,(H,23,27)(H4,20,21,22)/t14-/m0/s1. The van der Waals surface area contributed by atoms with Crippen molar-refractivity contribution in [2.24, 2.45) is 22.2 Å². The van der Waals surface area contributed by atoms with Crippen molar-refractivity contribution in [3.63, 3.8) is 0 Å². The molecule has 0 heterocycles. The number of rotatable bonds is 13. The summed E-state index contributed by atoms with van der Waals surface area (Å²) in [4.78, 5) is 52.8. The first kappa shape index (κ1) is 24.3. The van der Waals surface area contributed by atoms with Crippen molar-refractivity contribution in [1.82, 2.24) is 10.2 Å². The zero-order valence-corrected chi connectivity index (χ0v) is 16.7. The number of carbonyl (C=O) groups is 4. The topological polar surface area (TPSA) is 183 Å². The Morgan fingerprint density at radius 2 is 1.90 bits per heavy atom. The summed E-state index contributed by atoms with van der Waals surface area (Å²) in [6, 6.07) is -0.905. The maximum atomic E-state index is 12.6. The number of amides is 2. The van der Waals surface area contributed by atoms with Crippen LogP contribution < -0.4 is 22.5 Å². The number of guanidine groups is 1. The van der Waals surface area contributed by atoms with Crippen molar-refractivity contribution in [3.05, 3.63) is 0 Å². The van der Waals surface area contributed by atoms with E-state index in [4.69, 9.17) is 17.2 Å². The zero-order valence-electron chi connectivity index (χ0n) is 16.7. The molecule has 0 saturated heterocycles. The van der Waals surface area contributed by atoms with Gasteiger partial charge in [0.15, 0.2) is 18.3 Å². The van der Waals surface area contributed by atoms with Crippen molar-refractivity contribution in [3.8, 4) is 0 Å². The maximum Gasteiger partial charge on any atom is 0.293 e. The Labute approximate surface area is 170 Å². The largest absolute Gasteiger partial charge is 0.460 e. The fraction of sp³-hybridized carbons (Fsp3) is 0.722. The van der Waals surface area contributed by atoms with E-state index in [1.165, 1.54) is 4.90 Å². The summed E-state index contributed by atoms with van der Waals surface area (Å²) in [6.45, 7) is -0.354. The highest BCUT2D eigenvalue weighted by atomic mass is 16.5. The first-order valence-electron chi connectivity index (χ1n) is 9.81. The number of Topliss-reactive ketones (excluding diaryl/α,β-unsaturated/α-hetero) is 1. The van der Waals surface area contributed by atoms with E-state index in [2.05, 4.69) is 15.0 Å². The summed E-state index contributed by atoms with van der Waals surface area (Å²) in [5.74, 6) is -1.29. The third-order valence-electron chi connectivity index (χ3n) is 4.79. The Kier molecular flexibility index (Phi) is 11.3. The highest BCUT2D eigenvalue weighted by molar-refractivity contribution is 5.92. The second-order valence-corrected chi connectivity index (χ2v) is 6.96. The SMILES string of the molecule is NCC(=O)N(CC(=O)N[C@@H](CCCN=C(N)N)C(=O)COC=O)C1CCCCC1. The van der Waals surface area contributed by atoms with Gasteiger partial charge >= 0.3 is 0 Å². The van der Waals surface area contributed by atoms with E-state index < -0.39 is 24.3 Å². The Morgan fingerprint density at radius 3 is 2.48 bits per heavy atom. The zero-order chi connectivity index (χ0) is 21.6. The average molecular weight is 412 g/mol. The molecule has 0 aromatic heterocycles. The summed E-state index contributed by atoms with van der Waals surface area (Å²) in [6.07, 6.45) is 5.45. The third-order valence-corrected chi connectivity index (χ3v) is 4.79. The van der Waals surface area contributed by atoms with E-state index in [0.29, 0.717) is 6.42 Å². The number of ketones is 1. The lowest BCUT2D eigenvalue weighted by molar-refractivity contribution is -0.140. The van der Waals surface area contributed by atoms with Crippen LogP contribution in [0.4, 0.5) is 0 Å². The molecule has 2 amide bonds. The number of ether oxygens (including phenoxy) is 1. The highest BCUT2D eigenvalue weighted by Gasteiger charge is 2.28. The predicted octanol–water partition coefficient (Wildman–Crippen LogP) is -1.61. The van der Waals surface area contributed by atoms with Crippen LogP contribution in [0.2, 0.25) is 0 Å². The van der Waals surface area contributed by atoms with Crippen molar-refractivity contribution in [1.29, 1.82) is 0 Å². The number of hydrogen-bond acceptors (Lipinski definition) is 7. The number of nitrogens with two attached hydrogens (primary N) is 3. The molecule has 0 bridgehead atoms. The molecule has 1 atom stereocenters. The summed E-state index contributed by atoms with van der Waals surface area (Å²) in [5.41, 5.74) is 16.0. The average Bonchev–Trinajstić information content (AvgIpc) is 2.72. The summed E-state index contributed by atoms with van der Waals surface area (Å²) >= 11 is 0. The Hall–Kier alpha value is -2.69. The first-order chi connectivity index (χ1) is 13.9. The van der Waals surface area contributed by atoms with Crippen LogP contribution in [0.1, 0.15) is 44.9 Å². The van der Waals surface area contributed by atoms with Gasteiger partial charge in [-0.1, -0.05) is 19.3 Å². The molecule has 11 nitrogen and oxygen atoms in total. The minimum atomic E-state index is -0.877. The number of aliphatic imine (C=N–C) groups is 1. The quantitative estimate of drug-likeness (QED) is 0.120. The Morgan fingerprint density at radius 1 is 1.21 bits per heavy atom. The second kappa shape index (κ2) is 13.5. The number of nitrogens with zero attached hydrogens (tertiary/aromatic N) is 2. The Bertz CT molecular complexity index is 587. The van der Waals surface area contributed by atoms with Gasteiger partial charge in [0, 0.05) is 12.6 Å². The molecule has 11 heteroatoms. The van der Waals surface area contributed by atoms with Crippen LogP contribution in [-0.2, 0) is 23.9 Å². The van der Waals surface area contributed by atoms with Gasteiger partial charge in [0.1, 0.15) is 0 Å². The van der Waals surface area contributed by atoms with Crippen molar-refractivity contribution in [2.75, 3.05) is 26.2 Å². The van der Waals surface area contributed by atoms with Gasteiger partial charge in [0.25, 0.3) is 6.47 Å². The van der Waals surface area contributed by atoms with Crippen LogP contribution in [0.25, 0.3) is 0 Å². The summed E-state index contributed by atoms with van der Waals surface area (Å²) < 4.78 is 4.50. The van der Waals surface area contributed by atoms with Crippen LogP contribution in [-0.4, -0.2) is 73.3 Å². The second-order valence-electron chi connectivity index (χ2n) is 6.96. The van der Waals surface area contributed by atoms with E-state index in [-0.39, 0.29) is 50.4 Å². The van der Waals surface area contributed by atoms with Gasteiger partial charge < -0.3 is 32.2 Å². The van der Waals surface area contributed by atoms with Crippen molar-refractivity contribution in [2.45, 2.75) is 57.0 Å². The van der Waals surface area contributed by atoms with Crippen molar-refractivity contribution >= 4 is 30.0 Å². The molecule has 1 fully saturated rings. The molecule has 1 rings (SSSR count). The smallest absolute Gasteiger partial charge is 0.293 e. The molecule has 164 valence electrons. The van der Waals surface area contributed by atoms with Crippen LogP contribution in [0.5, 0.6) is 0 Å². The van der Waals surface area contributed by atoms with E-state index >= 15 is 0 Å². The fourth-order valence-electron chi connectivity index (χ4n) is 3.36. The highest BCUT2D eigenvalue weighted by Crippen LogP contribution is 2.22. The molecule has 0 radical (unpaired) electrons. The fourth-order valence-corrected chi connectivity index (χ4v) is 3.36. The minimum absolute atomic E-state index is 0.0278. The summed E-state index contributed by atoms with van der Waals surface area (Å²) in [5, 5.41) is 2.63. The van der Waals surface area contributed by atoms with Gasteiger partial charge in [-0.2, -0.15) is 0 Å². The molecule has 29 heavy (non-hydrogen) atoms. The van der Waals surface area contributed by atoms with Gasteiger partial charge in [0.05, 0.1) is 19.1 Å². The minimum Gasteiger partial charge on any atom is -0.460 e. The lowest BCUT2D eigenvalue weighted by Gasteiger charge is -2.34. The van der Waals surface area contributed by atoms with Gasteiger partial charge in [0.2, 0.25) is 11.8 Å². The number of nitrogens with one attached hydrogen (secondary N) is 1. The van der Waals surface area contributed by atoms with E-state index in [0.717, 1.165) is 32.1 Å². The van der Waals surface area contributed by atoms with E-state index in [1.54, 1.807) is 0 Å². The van der Waals surface area contributed by atoms with Crippen molar-refractivity contribution < 1.29 is 23.9 Å². The maximum absolute atomic E-state index is 12.6. The predicted molar refractivity (Wildman–Crippen MR) is 107 cm³/mol. The number of hydrogen-bond donors (Lipinski definition) is 4. The molecule has 1 aliphatic rings. The molecule has 0 aromatic carbocycles. The third kappa shape index (κ3) is 9.37. The van der Waals surface area contributed by atoms with E-state index in [9.17, 15) is 19.2 Å². The molecule has 0 unspecified atom stereocenters. The molecule has 0 spiro atoms. The van der Waals surface area contributed by atoms with Gasteiger partial charge in [-0.15, -0.1) is 0 Å². The molecule has 7 N–H and O–H groups in total. The molecular weight excluding hydrogens is 380 g/mol. The monoisotopic (exact) mass is 412 g/mol. The van der Waals surface area contributed by atoms with Gasteiger partial charge in [-0.25, -0.2) is 0 Å². The lowest BCUT2D eigenvalue weighted by atomic mass is 9.94. The number of carbonyl (C=O) groups excluding carboxylic acids is 4. The molecular formula is C18H32N6O5. The molecule has 0 aromatic rings. The molecule has 1 saturated carbocycles. The molecule has 1 aliphatic carbocycles. The normalized spacial score (nSPS) is 15.1. The molecule has 0 aliphatic heterocycles. The summed E-state index contributed by atoms with van der Waals surface area (Å²) in [7, 11) is 0. The van der Waals surface area contributed by atoms with Crippen LogP contribution in [0.15, 0.2) is 4.99 Å². The van der Waals surface area contributed by atoms with Crippen LogP contribution >= 0.6 is 0 Å². The van der Waals surface area contributed by atoms with Crippen LogP contribution in [0.3, 0.4) is 0 Å². The van der Waals surface area contributed by atoms with Crippen LogP contribution in [0, 0.1) is 0 Å². The first-order valence-corrected chi connectivity index (χ1v) is 9.81. The van der Waals surface area contributed by atoms with E-state index in [1.807, 2.05) is 0 Å². The Balaban J connectivity index is 2.73.